The third-order valence-corrected chi connectivity index (χ3v) is 6.00. The van der Waals surface area contributed by atoms with E-state index in [2.05, 4.69) is 0 Å². The molecule has 0 aliphatic rings. The van der Waals surface area contributed by atoms with Crippen molar-refractivity contribution in [3.8, 4) is 16.9 Å². The highest BCUT2D eigenvalue weighted by molar-refractivity contribution is 7.91. The average Bonchev–Trinajstić information content (AvgIpc) is 2.54. The minimum absolute atomic E-state index is 0.0287. The molecule has 0 aliphatic carbocycles. The van der Waals surface area contributed by atoms with Gasteiger partial charge in [0, 0.05) is 23.4 Å². The Balaban J connectivity index is 2.81. The van der Waals surface area contributed by atoms with Gasteiger partial charge >= 0.3 is 0 Å². The molecule has 0 aliphatic heterocycles. The molecule has 1 aromatic heterocycles. The minimum atomic E-state index is -3.34. The number of hydrogen-bond donors (Lipinski definition) is 0. The summed E-state index contributed by atoms with van der Waals surface area (Å²) < 4.78 is 32.0. The van der Waals surface area contributed by atoms with E-state index in [1.165, 1.54) is 0 Å². The summed E-state index contributed by atoms with van der Waals surface area (Å²) in [7, 11) is 2.52. The number of rotatable bonds is 6. The lowest BCUT2D eigenvalue weighted by atomic mass is 9.49. The van der Waals surface area contributed by atoms with Gasteiger partial charge in [0.05, 0.1) is 17.3 Å². The van der Waals surface area contributed by atoms with Crippen molar-refractivity contribution in [3.63, 3.8) is 0 Å². The molecule has 0 saturated carbocycles. The number of aryl methyl sites for hydroxylation is 1. The number of hydrogen-bond acceptors (Lipinski definition) is 4. The Morgan fingerprint density at radius 2 is 1.77 bits per heavy atom. The van der Waals surface area contributed by atoms with Crippen molar-refractivity contribution < 1.29 is 13.2 Å². The normalized spacial score (nSPS) is 12.1. The van der Waals surface area contributed by atoms with Crippen LogP contribution in [0.5, 0.6) is 5.75 Å². The Labute approximate surface area is 157 Å². The first-order valence-corrected chi connectivity index (χ1v) is 10.4. The summed E-state index contributed by atoms with van der Waals surface area (Å²) in [6, 6.07) is 6.48. The summed E-state index contributed by atoms with van der Waals surface area (Å²) in [6.45, 7) is 5.81. The van der Waals surface area contributed by atoms with Crippen molar-refractivity contribution in [1.29, 1.82) is 0 Å². The van der Waals surface area contributed by atoms with E-state index in [-0.39, 0.29) is 16.2 Å². The van der Waals surface area contributed by atoms with E-state index in [1.54, 1.807) is 42.0 Å². The number of sulfone groups is 1. The molecule has 1 aromatic carbocycles. The Bertz CT molecular complexity index is 978. The summed E-state index contributed by atoms with van der Waals surface area (Å²) in [5, 5.41) is -0.390. The van der Waals surface area contributed by atoms with Gasteiger partial charge in [0.1, 0.15) is 29.3 Å². The molecule has 0 bridgehead atoms. The number of ether oxygens (including phenoxy) is 1. The van der Waals surface area contributed by atoms with Crippen LogP contribution in [-0.2, 0) is 15.1 Å². The van der Waals surface area contributed by atoms with E-state index >= 15 is 0 Å². The maximum atomic E-state index is 12.4. The van der Waals surface area contributed by atoms with Crippen LogP contribution in [0.25, 0.3) is 11.1 Å². The maximum absolute atomic E-state index is 12.4. The standard InChI is InChI=1S/C17H24B3NO4S/c1-4-25-15-7-6-12(26(23,24)5-2)9-13(15)14-10-21(17(18,19)20)16(22)8-11(14)3/h6-10H,4-5,18-20H2,1-3H3. The van der Waals surface area contributed by atoms with Gasteiger partial charge in [0.15, 0.2) is 9.84 Å². The predicted molar refractivity (Wildman–Crippen MR) is 113 cm³/mol. The Morgan fingerprint density at radius 1 is 1.12 bits per heavy atom. The van der Waals surface area contributed by atoms with E-state index in [0.717, 1.165) is 11.1 Å². The Hall–Kier alpha value is -1.89. The Kier molecular flexibility index (Phi) is 5.81. The number of pyridine rings is 1. The van der Waals surface area contributed by atoms with Gasteiger partial charge < -0.3 is 9.30 Å². The molecule has 136 valence electrons. The first-order valence-electron chi connectivity index (χ1n) is 8.75. The van der Waals surface area contributed by atoms with Gasteiger partial charge in [-0.3, -0.25) is 4.79 Å². The second-order valence-corrected chi connectivity index (χ2v) is 9.52. The van der Waals surface area contributed by atoms with Crippen molar-refractivity contribution in [3.05, 3.63) is 46.4 Å². The lowest BCUT2D eigenvalue weighted by Gasteiger charge is -2.24. The fraction of sp³-hybridized carbons (Fsp3) is 0.353. The molecule has 0 atom stereocenters. The molecule has 0 unspecified atom stereocenters. The topological polar surface area (TPSA) is 65.4 Å². The molecule has 1 heterocycles. The molecule has 0 spiro atoms. The Morgan fingerprint density at radius 3 is 2.31 bits per heavy atom. The van der Waals surface area contributed by atoms with Crippen LogP contribution in [0.3, 0.4) is 0 Å². The molecule has 2 aromatic rings. The van der Waals surface area contributed by atoms with Crippen molar-refractivity contribution in [1.82, 2.24) is 4.57 Å². The quantitative estimate of drug-likeness (QED) is 0.642. The molecule has 0 amide bonds. The van der Waals surface area contributed by atoms with Crippen molar-refractivity contribution >= 4 is 33.4 Å². The van der Waals surface area contributed by atoms with Gasteiger partial charge in [-0.05, 0) is 42.8 Å². The zero-order valence-corrected chi connectivity index (χ0v) is 17.1. The highest BCUT2D eigenvalue weighted by Crippen LogP contribution is 2.34. The first kappa shape index (κ1) is 20.4. The highest BCUT2D eigenvalue weighted by atomic mass is 32.2. The van der Waals surface area contributed by atoms with Gasteiger partial charge in [-0.1, -0.05) is 6.92 Å². The van der Waals surface area contributed by atoms with Gasteiger partial charge in [-0.25, -0.2) is 8.42 Å². The molecule has 0 radical (unpaired) electrons. The third-order valence-electron chi connectivity index (χ3n) is 4.26. The minimum Gasteiger partial charge on any atom is -0.493 e. The average molecular weight is 371 g/mol. The lowest BCUT2D eigenvalue weighted by Crippen LogP contribution is -2.42. The molecule has 2 rings (SSSR count). The van der Waals surface area contributed by atoms with Crippen LogP contribution in [-0.4, -0.2) is 48.9 Å². The predicted octanol–water partition coefficient (Wildman–Crippen LogP) is -0.517. The van der Waals surface area contributed by atoms with Gasteiger partial charge in [-0.2, -0.15) is 0 Å². The second-order valence-electron chi connectivity index (χ2n) is 7.24. The smallest absolute Gasteiger partial charge is 0.249 e. The van der Waals surface area contributed by atoms with Crippen LogP contribution in [0, 0.1) is 6.92 Å². The van der Waals surface area contributed by atoms with Crippen LogP contribution in [0.15, 0.2) is 40.2 Å². The zero-order chi connectivity index (χ0) is 19.7. The van der Waals surface area contributed by atoms with E-state index < -0.39 is 15.1 Å². The monoisotopic (exact) mass is 371 g/mol. The summed E-state index contributed by atoms with van der Waals surface area (Å²) in [5.41, 5.74) is 2.16. The largest absolute Gasteiger partial charge is 0.493 e. The van der Waals surface area contributed by atoms with Crippen LogP contribution in [0.2, 0.25) is 0 Å². The fourth-order valence-electron chi connectivity index (χ4n) is 2.79. The van der Waals surface area contributed by atoms with E-state index in [1.807, 2.05) is 37.4 Å². The SMILES string of the molecule is BC(B)(B)n1cc(-c2cc(S(=O)(=O)CC)ccc2OCC)c(C)cc1=O. The summed E-state index contributed by atoms with van der Waals surface area (Å²) >= 11 is 0. The van der Waals surface area contributed by atoms with E-state index in [0.29, 0.717) is 17.9 Å². The lowest BCUT2D eigenvalue weighted by molar-refractivity contribution is 0.341. The molecule has 9 heteroatoms. The molecule has 0 fully saturated rings. The molecule has 0 saturated heterocycles. The van der Waals surface area contributed by atoms with Gasteiger partial charge in [-0.15, -0.1) is 0 Å². The number of nitrogens with zero attached hydrogens (tertiary/aromatic N) is 1. The highest BCUT2D eigenvalue weighted by Gasteiger charge is 2.20. The molecular formula is C17H24B3NO4S. The summed E-state index contributed by atoms with van der Waals surface area (Å²) in [6.07, 6.45) is 1.79. The van der Waals surface area contributed by atoms with Crippen LogP contribution in [0.4, 0.5) is 0 Å². The number of aromatic nitrogens is 1. The van der Waals surface area contributed by atoms with Crippen molar-refractivity contribution in [2.24, 2.45) is 0 Å². The third kappa shape index (κ3) is 4.09. The van der Waals surface area contributed by atoms with Crippen molar-refractivity contribution in [2.45, 2.75) is 30.9 Å². The van der Waals surface area contributed by atoms with Gasteiger partial charge in [0.25, 0.3) is 0 Å². The van der Waals surface area contributed by atoms with E-state index in [4.69, 9.17) is 4.74 Å². The molecule has 5 nitrogen and oxygen atoms in total. The van der Waals surface area contributed by atoms with Crippen LogP contribution < -0.4 is 10.3 Å². The van der Waals surface area contributed by atoms with Crippen LogP contribution in [0.1, 0.15) is 19.4 Å². The van der Waals surface area contributed by atoms with Gasteiger partial charge in [0.2, 0.25) is 5.56 Å². The van der Waals surface area contributed by atoms with Crippen molar-refractivity contribution in [2.75, 3.05) is 12.4 Å². The zero-order valence-electron chi connectivity index (χ0n) is 16.3. The first-order chi connectivity index (χ1) is 12.0. The summed E-state index contributed by atoms with van der Waals surface area (Å²) in [5.74, 6) is 0.630. The maximum Gasteiger partial charge on any atom is 0.249 e. The molecule has 0 N–H and O–H groups in total. The van der Waals surface area contributed by atoms with E-state index in [9.17, 15) is 13.2 Å². The summed E-state index contributed by atoms with van der Waals surface area (Å²) in [4.78, 5) is 12.6. The number of benzene rings is 1. The second kappa shape index (κ2) is 7.39. The fourth-order valence-corrected chi connectivity index (χ4v) is 3.70. The van der Waals surface area contributed by atoms with Crippen LogP contribution >= 0.6 is 0 Å². The molecular weight excluding hydrogens is 347 g/mol. The molecule has 26 heavy (non-hydrogen) atoms.